The third-order valence-electron chi connectivity index (χ3n) is 7.92. The zero-order valence-corrected chi connectivity index (χ0v) is 17.9. The molecule has 4 amide bonds. The number of likely N-dealkylation sites (tertiary alicyclic amines) is 2. The van der Waals surface area contributed by atoms with E-state index >= 15 is 0 Å². The molecule has 0 aromatic rings. The van der Waals surface area contributed by atoms with E-state index in [0.29, 0.717) is 13.2 Å². The Morgan fingerprint density at radius 1 is 0.688 bits per heavy atom. The molecule has 6 aliphatic rings. The van der Waals surface area contributed by atoms with Crippen LogP contribution in [0.5, 0.6) is 0 Å². The van der Waals surface area contributed by atoms with Gasteiger partial charge in [0.1, 0.15) is 0 Å². The molecule has 0 aromatic heterocycles. The third-order valence-corrected chi connectivity index (χ3v) is 7.92. The van der Waals surface area contributed by atoms with Gasteiger partial charge in [0, 0.05) is 0 Å². The highest BCUT2D eigenvalue weighted by Gasteiger charge is 2.74. The van der Waals surface area contributed by atoms with Gasteiger partial charge in [0.05, 0.1) is 63.2 Å². The van der Waals surface area contributed by atoms with Gasteiger partial charge in [0.25, 0.3) is 0 Å². The molecule has 4 aliphatic carbocycles. The molecule has 2 heterocycles. The van der Waals surface area contributed by atoms with Crippen molar-refractivity contribution in [2.75, 3.05) is 39.5 Å². The number of hydrogen-bond donors (Lipinski definition) is 0. The highest BCUT2D eigenvalue weighted by atomic mass is 16.5. The van der Waals surface area contributed by atoms with E-state index in [9.17, 15) is 19.2 Å². The summed E-state index contributed by atoms with van der Waals surface area (Å²) in [4.78, 5) is 55.2. The van der Waals surface area contributed by atoms with Crippen molar-refractivity contribution in [1.82, 2.24) is 9.80 Å². The van der Waals surface area contributed by atoms with Gasteiger partial charge in [-0.15, -0.1) is 13.2 Å². The molecule has 0 N–H and O–H groups in total. The third kappa shape index (κ3) is 2.82. The first-order valence-electron chi connectivity index (χ1n) is 11.3. The van der Waals surface area contributed by atoms with Crippen molar-refractivity contribution in [3.8, 4) is 0 Å². The van der Waals surface area contributed by atoms with Crippen LogP contribution in [0.4, 0.5) is 0 Å². The van der Waals surface area contributed by atoms with Gasteiger partial charge in [-0.25, -0.2) is 0 Å². The lowest BCUT2D eigenvalue weighted by Crippen LogP contribution is -2.63. The second kappa shape index (κ2) is 8.08. The average molecular weight is 440 g/mol. The lowest BCUT2D eigenvalue weighted by atomic mass is 9.40. The molecule has 0 spiro atoms. The normalized spacial score (nSPS) is 38.6. The molecular weight excluding hydrogens is 412 g/mol. The molecule has 2 aliphatic heterocycles. The Bertz CT molecular complexity index is 856. The van der Waals surface area contributed by atoms with Gasteiger partial charge < -0.3 is 9.47 Å². The van der Waals surface area contributed by atoms with Gasteiger partial charge in [0.15, 0.2) is 0 Å². The Labute approximate surface area is 186 Å². The molecule has 4 fully saturated rings. The van der Waals surface area contributed by atoms with Gasteiger partial charge in [-0.3, -0.25) is 29.0 Å². The van der Waals surface area contributed by atoms with Crippen molar-refractivity contribution in [2.24, 2.45) is 47.3 Å². The molecule has 8 atom stereocenters. The number of ether oxygens (including phenoxy) is 2. The molecule has 2 saturated heterocycles. The number of amides is 4. The van der Waals surface area contributed by atoms with Gasteiger partial charge in [-0.05, 0) is 23.7 Å². The summed E-state index contributed by atoms with van der Waals surface area (Å²) in [5.41, 5.74) is 0. The van der Waals surface area contributed by atoms with E-state index in [-0.39, 0.29) is 73.6 Å². The molecule has 6 rings (SSSR count). The number of carbonyl (C=O) groups excluding carboxylic acids is 4. The average Bonchev–Trinajstić information content (AvgIpc) is 3.14. The summed E-state index contributed by atoms with van der Waals surface area (Å²) < 4.78 is 10.7. The quantitative estimate of drug-likeness (QED) is 0.281. The number of allylic oxidation sites excluding steroid dienone is 2. The van der Waals surface area contributed by atoms with Gasteiger partial charge in [0.2, 0.25) is 23.6 Å². The summed E-state index contributed by atoms with van der Waals surface area (Å²) in [5, 5.41) is 0. The number of nitrogens with zero attached hydrogens (tertiary/aromatic N) is 2. The maximum atomic E-state index is 13.2. The van der Waals surface area contributed by atoms with Crippen molar-refractivity contribution in [1.29, 1.82) is 0 Å². The number of imide groups is 2. The smallest absolute Gasteiger partial charge is 0.233 e. The fourth-order valence-corrected chi connectivity index (χ4v) is 6.81. The van der Waals surface area contributed by atoms with Gasteiger partial charge in [-0.1, -0.05) is 24.3 Å². The summed E-state index contributed by atoms with van der Waals surface area (Å²) in [5.74, 6) is -2.79. The second-order valence-electron chi connectivity index (χ2n) is 9.18. The van der Waals surface area contributed by atoms with Crippen molar-refractivity contribution < 1.29 is 28.7 Å². The summed E-state index contributed by atoms with van der Waals surface area (Å²) in [6, 6.07) is 0. The summed E-state index contributed by atoms with van der Waals surface area (Å²) >= 11 is 0. The van der Waals surface area contributed by atoms with Crippen molar-refractivity contribution >= 4 is 23.6 Å². The number of fused-ring (bicyclic) bond motifs is 1. The van der Waals surface area contributed by atoms with Crippen LogP contribution in [0.3, 0.4) is 0 Å². The molecule has 8 nitrogen and oxygen atoms in total. The molecule has 32 heavy (non-hydrogen) atoms. The van der Waals surface area contributed by atoms with Gasteiger partial charge >= 0.3 is 0 Å². The Balaban J connectivity index is 1.33. The molecule has 2 saturated carbocycles. The molecule has 8 heteroatoms. The molecular formula is C24H28N2O6. The minimum Gasteiger partial charge on any atom is -0.376 e. The van der Waals surface area contributed by atoms with Crippen LogP contribution in [0.15, 0.2) is 37.5 Å². The number of hydrogen-bond acceptors (Lipinski definition) is 6. The zero-order valence-electron chi connectivity index (χ0n) is 17.9. The summed E-state index contributed by atoms with van der Waals surface area (Å²) in [7, 11) is 0. The minimum absolute atomic E-state index is 0.0551. The van der Waals surface area contributed by atoms with Crippen LogP contribution >= 0.6 is 0 Å². The van der Waals surface area contributed by atoms with Crippen LogP contribution in [0.25, 0.3) is 0 Å². The van der Waals surface area contributed by atoms with Gasteiger partial charge in [-0.2, -0.15) is 0 Å². The van der Waals surface area contributed by atoms with Crippen LogP contribution in [0.2, 0.25) is 0 Å². The molecule has 0 radical (unpaired) electrons. The largest absolute Gasteiger partial charge is 0.376 e. The minimum atomic E-state index is -0.438. The van der Waals surface area contributed by atoms with E-state index in [1.165, 1.54) is 9.80 Å². The van der Waals surface area contributed by atoms with Crippen LogP contribution in [0.1, 0.15) is 0 Å². The Morgan fingerprint density at radius 2 is 1.06 bits per heavy atom. The van der Waals surface area contributed by atoms with E-state index in [2.05, 4.69) is 13.2 Å². The standard InChI is InChI=1S/C24H28N2O6/c1-3-9-31-11-7-25-21(27)17-13-5-6-14(18(17)22(25)28)16-15(13)19-20(16)24(30)26(23(19)29)8-12-32-10-4-2/h3-6,13-20H,1-2,7-12H2/t13-,14+,15-,16-,17+,18+,19-,20-/m1/s1. The van der Waals surface area contributed by atoms with Crippen LogP contribution < -0.4 is 0 Å². The van der Waals surface area contributed by atoms with E-state index in [1.807, 2.05) is 12.2 Å². The Morgan fingerprint density at radius 3 is 1.44 bits per heavy atom. The van der Waals surface area contributed by atoms with Crippen LogP contribution in [0, 0.1) is 47.3 Å². The lowest BCUT2D eigenvalue weighted by molar-refractivity contribution is -0.166. The SMILES string of the molecule is C=CCOCCN1C(=O)[C@H]2[C@H]3C=C[C@@H]([C@@H]2C1=O)[C@H]1[C@H]2C(=O)N(CCOCC=C)C(=O)[C@@H]2[C@H]31. The second-order valence-corrected chi connectivity index (χ2v) is 9.18. The fourth-order valence-electron chi connectivity index (χ4n) is 6.81. The molecule has 170 valence electrons. The first-order valence-corrected chi connectivity index (χ1v) is 11.3. The first-order chi connectivity index (χ1) is 15.5. The lowest BCUT2D eigenvalue weighted by Gasteiger charge is -2.60. The van der Waals surface area contributed by atoms with Crippen molar-refractivity contribution in [3.63, 3.8) is 0 Å². The zero-order chi connectivity index (χ0) is 22.6. The van der Waals surface area contributed by atoms with E-state index in [0.717, 1.165) is 0 Å². The Kier molecular flexibility index (Phi) is 5.37. The monoisotopic (exact) mass is 440 g/mol. The number of rotatable bonds is 10. The number of carbonyl (C=O) groups is 4. The molecule has 0 aromatic carbocycles. The predicted molar refractivity (Wildman–Crippen MR) is 113 cm³/mol. The highest BCUT2D eigenvalue weighted by Crippen LogP contribution is 2.68. The van der Waals surface area contributed by atoms with Crippen LogP contribution in [-0.4, -0.2) is 72.9 Å². The van der Waals surface area contributed by atoms with Crippen molar-refractivity contribution in [3.05, 3.63) is 37.5 Å². The van der Waals surface area contributed by atoms with E-state index < -0.39 is 23.7 Å². The fraction of sp³-hybridized carbons (Fsp3) is 0.583. The summed E-state index contributed by atoms with van der Waals surface area (Å²) in [6.45, 7) is 8.89. The topological polar surface area (TPSA) is 93.2 Å². The first kappa shape index (κ1) is 21.3. The molecule has 0 unspecified atom stereocenters. The van der Waals surface area contributed by atoms with E-state index in [1.54, 1.807) is 12.2 Å². The van der Waals surface area contributed by atoms with Crippen molar-refractivity contribution in [2.45, 2.75) is 0 Å². The summed E-state index contributed by atoms with van der Waals surface area (Å²) in [6.07, 6.45) is 7.27. The Hall–Kier alpha value is -2.58. The highest BCUT2D eigenvalue weighted by molar-refractivity contribution is 6.09. The van der Waals surface area contributed by atoms with E-state index in [4.69, 9.17) is 9.47 Å². The van der Waals surface area contributed by atoms with Crippen LogP contribution in [-0.2, 0) is 28.7 Å². The predicted octanol–water partition coefficient (Wildman–Crippen LogP) is 0.656. The molecule has 2 bridgehead atoms. The maximum absolute atomic E-state index is 13.2. The maximum Gasteiger partial charge on any atom is 0.233 e.